The Hall–Kier alpha value is -2.24. The molecular formula is C26H36BrN3O7. The van der Waals surface area contributed by atoms with E-state index in [1.807, 2.05) is 19.1 Å². The van der Waals surface area contributed by atoms with Gasteiger partial charge in [0.25, 0.3) is 0 Å². The van der Waals surface area contributed by atoms with E-state index in [9.17, 15) is 24.3 Å². The monoisotopic (exact) mass is 581 g/mol. The lowest BCUT2D eigenvalue weighted by Gasteiger charge is -2.37. The highest BCUT2D eigenvalue weighted by Gasteiger charge is 2.75. The van der Waals surface area contributed by atoms with E-state index < -0.39 is 53.6 Å². The van der Waals surface area contributed by atoms with Gasteiger partial charge in [0, 0.05) is 24.0 Å². The number of cyclic esters (lactones) is 1. The number of aliphatic hydroxyl groups excluding tert-OH is 1. The summed E-state index contributed by atoms with van der Waals surface area (Å²) in [7, 11) is 0. The standard InChI is InChI=1S/C26H36BrN3O7/c1-4-5-10-29-11-8-6-7-9-18(32)28-13-16(3)36-25(35)19-20-23(33)30(15(2)14-31)22(24(29)34)26(20)12-17(27)21(19)37-26/h6,8,12,15-16,19-22,31H,4-5,7,9-11,13-14H2,1-3H3,(H,28,32)/b8-6-/t15-,16-,19+,20-,21+,22+,26-/m1/s1. The number of likely N-dealkylation sites (tertiary alicyclic amines) is 1. The number of ether oxygens (including phenoxy) is 2. The molecule has 4 rings (SSSR count). The van der Waals surface area contributed by atoms with Crippen LogP contribution in [0.5, 0.6) is 0 Å². The Morgan fingerprint density at radius 1 is 1.24 bits per heavy atom. The Morgan fingerprint density at radius 3 is 2.70 bits per heavy atom. The number of allylic oxidation sites excluding steroid dienone is 1. The first kappa shape index (κ1) is 27.8. The van der Waals surface area contributed by atoms with Gasteiger partial charge >= 0.3 is 5.97 Å². The van der Waals surface area contributed by atoms with Crippen molar-refractivity contribution in [1.29, 1.82) is 0 Å². The van der Waals surface area contributed by atoms with Crippen molar-refractivity contribution >= 4 is 39.6 Å². The molecule has 0 saturated carbocycles. The topological polar surface area (TPSA) is 125 Å². The molecular weight excluding hydrogens is 546 g/mol. The summed E-state index contributed by atoms with van der Waals surface area (Å²) in [4.78, 5) is 56.8. The summed E-state index contributed by atoms with van der Waals surface area (Å²) < 4.78 is 12.6. The maximum atomic E-state index is 14.2. The number of halogens is 1. The second kappa shape index (κ2) is 11.2. The summed E-state index contributed by atoms with van der Waals surface area (Å²) in [5.74, 6) is -3.40. The number of aliphatic hydroxyl groups is 1. The summed E-state index contributed by atoms with van der Waals surface area (Å²) in [5, 5.41) is 12.8. The van der Waals surface area contributed by atoms with E-state index in [0.717, 1.165) is 12.8 Å². The number of amides is 3. The quantitative estimate of drug-likeness (QED) is 0.370. The van der Waals surface area contributed by atoms with Gasteiger partial charge in [-0.2, -0.15) is 0 Å². The number of carbonyl (C=O) groups excluding carboxylic acids is 4. The molecule has 37 heavy (non-hydrogen) atoms. The second-order valence-electron chi connectivity index (χ2n) is 10.3. The minimum Gasteiger partial charge on any atom is -0.460 e. The smallest absolute Gasteiger partial charge is 0.313 e. The molecule has 2 fully saturated rings. The molecule has 1 spiro atoms. The van der Waals surface area contributed by atoms with Crippen LogP contribution in [-0.2, 0) is 28.7 Å². The highest BCUT2D eigenvalue weighted by molar-refractivity contribution is 9.11. The molecule has 5 bridgehead atoms. The number of nitrogens with zero attached hydrogens (tertiary/aromatic N) is 2. The number of carbonyl (C=O) groups is 4. The van der Waals surface area contributed by atoms with Crippen LogP contribution in [0.4, 0.5) is 0 Å². The third kappa shape index (κ3) is 4.97. The lowest BCUT2D eigenvalue weighted by molar-refractivity contribution is -0.159. The van der Waals surface area contributed by atoms with Crippen molar-refractivity contribution in [1.82, 2.24) is 15.1 Å². The summed E-state index contributed by atoms with van der Waals surface area (Å²) in [6.07, 6.45) is 6.53. The van der Waals surface area contributed by atoms with Gasteiger partial charge in [-0.25, -0.2) is 0 Å². The summed E-state index contributed by atoms with van der Waals surface area (Å²) in [5.41, 5.74) is -1.36. The zero-order valence-electron chi connectivity index (χ0n) is 21.5. The molecule has 0 radical (unpaired) electrons. The molecule has 4 aliphatic heterocycles. The van der Waals surface area contributed by atoms with E-state index in [4.69, 9.17) is 9.47 Å². The molecule has 0 aliphatic carbocycles. The SMILES string of the molecule is CCCCN1C/C=C\CCC(=O)NC[C@@H](C)OC(=O)[C@@H]2[C@H]3O[C@@]4(C=C3Br)[C@H](C1=O)N([C@H](C)CO)C(=O)[C@@H]24. The Morgan fingerprint density at radius 2 is 2.00 bits per heavy atom. The van der Waals surface area contributed by atoms with Crippen LogP contribution in [0, 0.1) is 11.8 Å². The van der Waals surface area contributed by atoms with Crippen LogP contribution in [0.3, 0.4) is 0 Å². The van der Waals surface area contributed by atoms with Crippen molar-refractivity contribution in [2.24, 2.45) is 11.8 Å². The van der Waals surface area contributed by atoms with Crippen LogP contribution in [0.25, 0.3) is 0 Å². The molecule has 3 amide bonds. The van der Waals surface area contributed by atoms with E-state index in [1.165, 1.54) is 4.90 Å². The van der Waals surface area contributed by atoms with E-state index in [2.05, 4.69) is 21.2 Å². The number of fused-ring (bicyclic) bond motifs is 2. The van der Waals surface area contributed by atoms with Crippen molar-refractivity contribution in [3.8, 4) is 0 Å². The Kier molecular flexibility index (Phi) is 8.45. The van der Waals surface area contributed by atoms with Crippen LogP contribution in [0.1, 0.15) is 46.5 Å². The van der Waals surface area contributed by atoms with E-state index >= 15 is 0 Å². The normalized spacial score (nSPS) is 36.2. The van der Waals surface area contributed by atoms with Crippen molar-refractivity contribution in [2.45, 2.75) is 76.3 Å². The Labute approximate surface area is 225 Å². The number of rotatable bonds is 5. The molecule has 2 saturated heterocycles. The fourth-order valence-electron chi connectivity index (χ4n) is 5.78. The molecule has 0 aromatic carbocycles. The molecule has 4 heterocycles. The van der Waals surface area contributed by atoms with Gasteiger partial charge in [0.05, 0.1) is 25.1 Å². The summed E-state index contributed by atoms with van der Waals surface area (Å²) in [6, 6.07) is -1.69. The van der Waals surface area contributed by atoms with Gasteiger partial charge in [0.1, 0.15) is 29.8 Å². The van der Waals surface area contributed by atoms with Crippen molar-refractivity contribution in [3.05, 3.63) is 22.7 Å². The fraction of sp³-hybridized carbons (Fsp3) is 0.692. The van der Waals surface area contributed by atoms with Crippen molar-refractivity contribution < 1.29 is 33.8 Å². The molecule has 0 aromatic rings. The van der Waals surface area contributed by atoms with Gasteiger partial charge in [-0.1, -0.05) is 41.4 Å². The number of unbranched alkanes of at least 4 members (excludes halogenated alkanes) is 1. The molecule has 204 valence electrons. The largest absolute Gasteiger partial charge is 0.460 e. The number of hydrogen-bond donors (Lipinski definition) is 2. The first-order chi connectivity index (χ1) is 17.7. The Balaban J connectivity index is 1.79. The third-order valence-corrected chi connectivity index (χ3v) is 8.32. The predicted molar refractivity (Wildman–Crippen MR) is 137 cm³/mol. The highest BCUT2D eigenvalue weighted by atomic mass is 79.9. The molecule has 4 aliphatic rings. The van der Waals surface area contributed by atoms with Crippen LogP contribution in [-0.4, -0.2) is 94.7 Å². The summed E-state index contributed by atoms with van der Waals surface area (Å²) in [6.45, 7) is 5.98. The van der Waals surface area contributed by atoms with Gasteiger partial charge in [-0.3, -0.25) is 19.2 Å². The maximum absolute atomic E-state index is 14.2. The van der Waals surface area contributed by atoms with E-state index in [0.29, 0.717) is 24.0 Å². The van der Waals surface area contributed by atoms with Crippen molar-refractivity contribution in [3.63, 3.8) is 0 Å². The molecule has 2 N–H and O–H groups in total. The van der Waals surface area contributed by atoms with Crippen LogP contribution < -0.4 is 5.32 Å². The highest BCUT2D eigenvalue weighted by Crippen LogP contribution is 2.59. The second-order valence-corrected chi connectivity index (χ2v) is 11.2. The van der Waals surface area contributed by atoms with E-state index in [1.54, 1.807) is 24.8 Å². The van der Waals surface area contributed by atoms with Gasteiger partial charge < -0.3 is 29.7 Å². The van der Waals surface area contributed by atoms with Gasteiger partial charge in [0.2, 0.25) is 17.7 Å². The Bertz CT molecular complexity index is 1000. The molecule has 10 nitrogen and oxygen atoms in total. The number of esters is 1. The first-order valence-corrected chi connectivity index (χ1v) is 13.9. The molecule has 0 unspecified atom stereocenters. The lowest BCUT2D eigenvalue weighted by Crippen LogP contribution is -2.58. The van der Waals surface area contributed by atoms with Crippen LogP contribution >= 0.6 is 15.9 Å². The van der Waals surface area contributed by atoms with Crippen molar-refractivity contribution in [2.75, 3.05) is 26.2 Å². The first-order valence-electron chi connectivity index (χ1n) is 13.1. The maximum Gasteiger partial charge on any atom is 0.313 e. The lowest BCUT2D eigenvalue weighted by atomic mass is 9.74. The zero-order chi connectivity index (χ0) is 26.9. The minimum atomic E-state index is -1.36. The van der Waals surface area contributed by atoms with E-state index in [-0.39, 0.29) is 31.4 Å². The average molecular weight is 582 g/mol. The fourth-order valence-corrected chi connectivity index (χ4v) is 6.52. The van der Waals surface area contributed by atoms with Gasteiger partial charge in [-0.15, -0.1) is 0 Å². The van der Waals surface area contributed by atoms with Gasteiger partial charge in [-0.05, 0) is 32.8 Å². The summed E-state index contributed by atoms with van der Waals surface area (Å²) >= 11 is 3.51. The zero-order valence-corrected chi connectivity index (χ0v) is 23.1. The minimum absolute atomic E-state index is 0.146. The van der Waals surface area contributed by atoms with Crippen LogP contribution in [0.15, 0.2) is 22.7 Å². The van der Waals surface area contributed by atoms with Gasteiger partial charge in [0.15, 0.2) is 0 Å². The molecule has 11 heteroatoms. The van der Waals surface area contributed by atoms with Crippen LogP contribution in [0.2, 0.25) is 0 Å². The molecule has 0 aromatic heterocycles. The average Bonchev–Trinajstić information content (AvgIpc) is 3.46. The third-order valence-electron chi connectivity index (χ3n) is 7.64. The number of hydrogen-bond acceptors (Lipinski definition) is 7. The predicted octanol–water partition coefficient (Wildman–Crippen LogP) is 1.27. The molecule has 7 atom stereocenters. The number of nitrogens with one attached hydrogen (secondary N) is 1.